The van der Waals surface area contributed by atoms with E-state index in [2.05, 4.69) is 5.32 Å². The second kappa shape index (κ2) is 9.04. The number of carbonyl (C=O) groups excluding carboxylic acids is 2. The van der Waals surface area contributed by atoms with Gasteiger partial charge in [-0.05, 0) is 33.3 Å². The molecule has 1 N–H and O–H groups in total. The minimum Gasteiger partial charge on any atom is -0.463 e. The van der Waals surface area contributed by atoms with E-state index in [-0.39, 0.29) is 13.2 Å². The molecule has 0 bridgehead atoms. The lowest BCUT2D eigenvalue weighted by molar-refractivity contribution is -0.139. The van der Waals surface area contributed by atoms with E-state index in [1.54, 1.807) is 27.7 Å². The summed E-state index contributed by atoms with van der Waals surface area (Å²) < 4.78 is 10.4. The maximum absolute atomic E-state index is 12.5. The molecule has 5 heteroatoms. The molecule has 0 fully saturated rings. The summed E-state index contributed by atoms with van der Waals surface area (Å²) in [6, 6.07) is 9.72. The van der Waals surface area contributed by atoms with Crippen LogP contribution in [-0.2, 0) is 19.1 Å². The summed E-state index contributed by atoms with van der Waals surface area (Å²) in [5.41, 5.74) is 3.18. The first-order chi connectivity index (χ1) is 12.5. The molecular weight excluding hydrogens is 330 g/mol. The van der Waals surface area contributed by atoms with Crippen LogP contribution in [0.4, 0.5) is 0 Å². The molecule has 5 nitrogen and oxygen atoms in total. The average Bonchev–Trinajstić information content (AvgIpc) is 2.60. The molecule has 138 valence electrons. The summed E-state index contributed by atoms with van der Waals surface area (Å²) in [7, 11) is 0. The molecule has 26 heavy (non-hydrogen) atoms. The summed E-state index contributed by atoms with van der Waals surface area (Å²) in [5, 5.41) is 3.11. The minimum absolute atomic E-state index is 0.266. The Bertz CT molecular complexity index is 719. The van der Waals surface area contributed by atoms with Gasteiger partial charge in [0.2, 0.25) is 0 Å². The van der Waals surface area contributed by atoms with E-state index >= 15 is 0 Å². The Balaban J connectivity index is 2.49. The van der Waals surface area contributed by atoms with Crippen molar-refractivity contribution in [3.63, 3.8) is 0 Å². The van der Waals surface area contributed by atoms with Crippen LogP contribution in [0.25, 0.3) is 6.08 Å². The van der Waals surface area contributed by atoms with Crippen LogP contribution in [0, 0.1) is 5.92 Å². The Hall–Kier alpha value is -2.82. The third kappa shape index (κ3) is 4.42. The third-order valence-corrected chi connectivity index (χ3v) is 4.08. The molecule has 0 atom stereocenters. The number of hydrogen-bond acceptors (Lipinski definition) is 5. The number of ether oxygens (including phenoxy) is 2. The van der Waals surface area contributed by atoms with Crippen LogP contribution < -0.4 is 5.32 Å². The number of allylic oxidation sites excluding steroid dienone is 3. The molecule has 1 aliphatic heterocycles. The molecule has 0 amide bonds. The Kier molecular flexibility index (Phi) is 6.78. The van der Waals surface area contributed by atoms with Crippen LogP contribution >= 0.6 is 0 Å². The van der Waals surface area contributed by atoms with Gasteiger partial charge in [0, 0.05) is 17.3 Å². The van der Waals surface area contributed by atoms with E-state index in [1.165, 1.54) is 0 Å². The molecule has 0 unspecified atom stereocenters. The van der Waals surface area contributed by atoms with Gasteiger partial charge in [0.25, 0.3) is 0 Å². The lowest BCUT2D eigenvalue weighted by Gasteiger charge is -2.28. The molecule has 0 saturated carbocycles. The Morgan fingerprint density at radius 2 is 1.46 bits per heavy atom. The SMILES string of the molecule is CCOC(=O)C1=C(C)NC(C)=C(C(=O)OCC)C1/C=C\c1ccccc1. The number of hydrogen-bond donors (Lipinski definition) is 1. The second-order valence-electron chi connectivity index (χ2n) is 5.89. The van der Waals surface area contributed by atoms with Crippen molar-refractivity contribution < 1.29 is 19.1 Å². The minimum atomic E-state index is -0.533. The highest BCUT2D eigenvalue weighted by Crippen LogP contribution is 2.33. The van der Waals surface area contributed by atoms with E-state index in [0.29, 0.717) is 22.5 Å². The summed E-state index contributed by atoms with van der Waals surface area (Å²) in [4.78, 5) is 25.1. The van der Waals surface area contributed by atoms with Crippen molar-refractivity contribution in [2.24, 2.45) is 5.92 Å². The van der Waals surface area contributed by atoms with E-state index in [1.807, 2.05) is 42.5 Å². The fourth-order valence-electron chi connectivity index (χ4n) is 2.97. The average molecular weight is 355 g/mol. The van der Waals surface area contributed by atoms with Crippen molar-refractivity contribution in [1.29, 1.82) is 0 Å². The zero-order valence-electron chi connectivity index (χ0n) is 15.7. The van der Waals surface area contributed by atoms with E-state index in [4.69, 9.17) is 9.47 Å². The predicted molar refractivity (Wildman–Crippen MR) is 101 cm³/mol. The summed E-state index contributed by atoms with van der Waals surface area (Å²) in [6.07, 6.45) is 3.75. The topological polar surface area (TPSA) is 64.6 Å². The number of rotatable bonds is 6. The number of nitrogens with one attached hydrogen (secondary N) is 1. The van der Waals surface area contributed by atoms with Gasteiger partial charge < -0.3 is 14.8 Å². The number of esters is 2. The molecule has 0 radical (unpaired) electrons. The standard InChI is InChI=1S/C21H25NO4/c1-5-25-20(23)18-14(3)22-15(4)19(21(24)26-6-2)17(18)13-12-16-10-8-7-9-11-16/h7-13,17,22H,5-6H2,1-4H3/b13-12-. The van der Waals surface area contributed by atoms with Crippen LogP contribution in [-0.4, -0.2) is 25.2 Å². The van der Waals surface area contributed by atoms with Crippen LogP contribution in [0.5, 0.6) is 0 Å². The van der Waals surface area contributed by atoms with E-state index in [9.17, 15) is 9.59 Å². The summed E-state index contributed by atoms with van der Waals surface area (Å²) in [6.45, 7) is 7.66. The number of benzene rings is 1. The molecule has 0 spiro atoms. The lowest BCUT2D eigenvalue weighted by Crippen LogP contribution is -2.32. The van der Waals surface area contributed by atoms with E-state index in [0.717, 1.165) is 5.56 Å². The van der Waals surface area contributed by atoms with Gasteiger partial charge in [-0.3, -0.25) is 0 Å². The van der Waals surface area contributed by atoms with Gasteiger partial charge in [0.1, 0.15) is 0 Å². The van der Waals surface area contributed by atoms with Crippen molar-refractivity contribution in [2.75, 3.05) is 13.2 Å². The fraction of sp³-hybridized carbons (Fsp3) is 0.333. The highest BCUT2D eigenvalue weighted by atomic mass is 16.5. The van der Waals surface area contributed by atoms with Crippen molar-refractivity contribution in [2.45, 2.75) is 27.7 Å². The molecule has 1 aromatic carbocycles. The summed E-state index contributed by atoms with van der Waals surface area (Å²) >= 11 is 0. The van der Waals surface area contributed by atoms with Crippen LogP contribution in [0.2, 0.25) is 0 Å². The van der Waals surface area contributed by atoms with Crippen LogP contribution in [0.15, 0.2) is 58.9 Å². The van der Waals surface area contributed by atoms with Crippen molar-refractivity contribution in [3.8, 4) is 0 Å². The van der Waals surface area contributed by atoms with Crippen LogP contribution in [0.3, 0.4) is 0 Å². The van der Waals surface area contributed by atoms with Gasteiger partial charge in [0.15, 0.2) is 0 Å². The van der Waals surface area contributed by atoms with Crippen molar-refractivity contribution in [3.05, 3.63) is 64.5 Å². The fourth-order valence-corrected chi connectivity index (χ4v) is 2.97. The first kappa shape index (κ1) is 19.5. The van der Waals surface area contributed by atoms with Crippen molar-refractivity contribution >= 4 is 18.0 Å². The van der Waals surface area contributed by atoms with Gasteiger partial charge >= 0.3 is 11.9 Å². The largest absolute Gasteiger partial charge is 0.463 e. The molecule has 1 aliphatic rings. The van der Waals surface area contributed by atoms with Gasteiger partial charge in [-0.15, -0.1) is 0 Å². The van der Waals surface area contributed by atoms with Crippen molar-refractivity contribution in [1.82, 2.24) is 5.32 Å². The third-order valence-electron chi connectivity index (χ3n) is 4.08. The molecule has 0 aliphatic carbocycles. The highest BCUT2D eigenvalue weighted by molar-refractivity contribution is 5.98. The quantitative estimate of drug-likeness (QED) is 0.790. The second-order valence-corrected chi connectivity index (χ2v) is 5.89. The Morgan fingerprint density at radius 1 is 0.962 bits per heavy atom. The first-order valence-corrected chi connectivity index (χ1v) is 8.75. The summed E-state index contributed by atoms with van der Waals surface area (Å²) in [5.74, 6) is -1.40. The van der Waals surface area contributed by atoms with Gasteiger partial charge in [0.05, 0.1) is 24.4 Å². The molecule has 0 aromatic heterocycles. The molecule has 0 saturated heterocycles. The zero-order valence-corrected chi connectivity index (χ0v) is 15.7. The maximum atomic E-state index is 12.5. The lowest BCUT2D eigenvalue weighted by atomic mass is 9.84. The predicted octanol–water partition coefficient (Wildman–Crippen LogP) is 3.59. The zero-order chi connectivity index (χ0) is 19.1. The molecular formula is C21H25NO4. The first-order valence-electron chi connectivity index (χ1n) is 8.75. The number of carbonyl (C=O) groups is 2. The maximum Gasteiger partial charge on any atom is 0.336 e. The Morgan fingerprint density at radius 3 is 1.92 bits per heavy atom. The molecule has 1 heterocycles. The Labute approximate surface area is 154 Å². The van der Waals surface area contributed by atoms with E-state index < -0.39 is 17.9 Å². The van der Waals surface area contributed by atoms with Gasteiger partial charge in [-0.25, -0.2) is 9.59 Å². The molecule has 2 rings (SSSR count). The van der Waals surface area contributed by atoms with Crippen LogP contribution in [0.1, 0.15) is 33.3 Å². The number of dihydropyridines is 1. The highest BCUT2D eigenvalue weighted by Gasteiger charge is 2.35. The molecule has 1 aromatic rings. The smallest absolute Gasteiger partial charge is 0.336 e. The monoisotopic (exact) mass is 355 g/mol. The van der Waals surface area contributed by atoms with Gasteiger partial charge in [-0.1, -0.05) is 42.5 Å². The normalized spacial score (nSPS) is 15.2. The van der Waals surface area contributed by atoms with Gasteiger partial charge in [-0.2, -0.15) is 0 Å².